The van der Waals surface area contributed by atoms with Crippen LogP contribution in [0.3, 0.4) is 0 Å². The minimum atomic E-state index is -0.371. The van der Waals surface area contributed by atoms with Crippen molar-refractivity contribution in [2.45, 2.75) is 6.92 Å². The summed E-state index contributed by atoms with van der Waals surface area (Å²) in [6.45, 7) is 4.33. The van der Waals surface area contributed by atoms with Crippen LogP contribution in [0.25, 0.3) is 0 Å². The number of piperazine rings is 1. The summed E-state index contributed by atoms with van der Waals surface area (Å²) < 4.78 is 0. The highest BCUT2D eigenvalue weighted by molar-refractivity contribution is 6.29. The Hall–Kier alpha value is -2.67. The summed E-state index contributed by atoms with van der Waals surface area (Å²) in [6, 6.07) is 7.56. The van der Waals surface area contributed by atoms with Gasteiger partial charge < -0.3 is 15.1 Å². The molecule has 1 N–H and O–H groups in total. The van der Waals surface area contributed by atoms with E-state index in [0.29, 0.717) is 31.9 Å². The third kappa shape index (κ3) is 4.06. The van der Waals surface area contributed by atoms with Gasteiger partial charge in [-0.2, -0.15) is 0 Å². The summed E-state index contributed by atoms with van der Waals surface area (Å²) in [4.78, 5) is 35.7. The van der Waals surface area contributed by atoms with E-state index >= 15 is 0 Å². The van der Waals surface area contributed by atoms with E-state index in [4.69, 9.17) is 11.6 Å². The lowest BCUT2D eigenvalue weighted by molar-refractivity contribution is -0.129. The van der Waals surface area contributed by atoms with Gasteiger partial charge >= 0.3 is 0 Å². The molecule has 0 spiro atoms. The van der Waals surface area contributed by atoms with Crippen LogP contribution in [0.1, 0.15) is 17.4 Å². The molecular weight excluding hydrogens is 342 g/mol. The molecule has 1 fully saturated rings. The van der Waals surface area contributed by atoms with Crippen LogP contribution in [0, 0.1) is 0 Å². The van der Waals surface area contributed by atoms with Crippen molar-refractivity contribution < 1.29 is 9.59 Å². The summed E-state index contributed by atoms with van der Waals surface area (Å²) in [7, 11) is 0. The molecule has 2 aromatic rings. The van der Waals surface area contributed by atoms with Crippen LogP contribution in [0.5, 0.6) is 0 Å². The van der Waals surface area contributed by atoms with Gasteiger partial charge in [0.15, 0.2) is 0 Å². The molecule has 1 aromatic heterocycles. The second-order valence-electron chi connectivity index (χ2n) is 5.69. The van der Waals surface area contributed by atoms with Gasteiger partial charge in [-0.25, -0.2) is 4.98 Å². The number of carbonyl (C=O) groups excluding carboxylic acids is 2. The summed E-state index contributed by atoms with van der Waals surface area (Å²) in [6.07, 6.45) is 2.75. The number of benzene rings is 1. The lowest BCUT2D eigenvalue weighted by Crippen LogP contribution is -2.48. The molecule has 8 heteroatoms. The van der Waals surface area contributed by atoms with Gasteiger partial charge in [-0.3, -0.25) is 14.6 Å². The van der Waals surface area contributed by atoms with Crippen LogP contribution >= 0.6 is 11.6 Å². The Morgan fingerprint density at radius 1 is 1.12 bits per heavy atom. The number of carbonyl (C=O) groups is 2. The average Bonchev–Trinajstić information content (AvgIpc) is 2.62. The molecule has 1 saturated heterocycles. The minimum absolute atomic E-state index is 0.0840. The van der Waals surface area contributed by atoms with Crippen LogP contribution < -0.4 is 10.2 Å². The van der Waals surface area contributed by atoms with E-state index in [2.05, 4.69) is 20.2 Å². The first-order valence-corrected chi connectivity index (χ1v) is 8.31. The van der Waals surface area contributed by atoms with E-state index < -0.39 is 0 Å². The number of halogens is 1. The lowest BCUT2D eigenvalue weighted by atomic mass is 10.2. The molecule has 2 heterocycles. The van der Waals surface area contributed by atoms with Crippen molar-refractivity contribution in [1.29, 1.82) is 0 Å². The quantitative estimate of drug-likeness (QED) is 0.907. The summed E-state index contributed by atoms with van der Waals surface area (Å²) >= 11 is 5.79. The zero-order valence-electron chi connectivity index (χ0n) is 13.8. The molecule has 130 valence electrons. The first kappa shape index (κ1) is 17.2. The average molecular weight is 360 g/mol. The van der Waals surface area contributed by atoms with Crippen molar-refractivity contribution in [2.75, 3.05) is 36.4 Å². The maximum absolute atomic E-state index is 12.4. The maximum Gasteiger partial charge on any atom is 0.275 e. The Bertz CT molecular complexity index is 790. The molecule has 0 atom stereocenters. The zero-order chi connectivity index (χ0) is 17.8. The molecular formula is C17H18ClN5O2. The highest BCUT2D eigenvalue weighted by Gasteiger charge is 2.21. The minimum Gasteiger partial charge on any atom is -0.366 e. The van der Waals surface area contributed by atoms with E-state index in [-0.39, 0.29) is 22.7 Å². The van der Waals surface area contributed by atoms with Crippen LogP contribution in [-0.2, 0) is 4.79 Å². The Balaban J connectivity index is 1.75. The smallest absolute Gasteiger partial charge is 0.275 e. The third-order valence-electron chi connectivity index (χ3n) is 4.06. The van der Waals surface area contributed by atoms with Gasteiger partial charge in [0.2, 0.25) is 5.91 Å². The molecule has 1 aliphatic rings. The van der Waals surface area contributed by atoms with E-state index in [0.717, 1.165) is 5.69 Å². The molecule has 0 unspecified atom stereocenters. The van der Waals surface area contributed by atoms with Crippen molar-refractivity contribution in [3.8, 4) is 0 Å². The second kappa shape index (κ2) is 7.48. The fourth-order valence-electron chi connectivity index (χ4n) is 2.76. The highest BCUT2D eigenvalue weighted by atomic mass is 35.5. The number of anilines is 2. The fourth-order valence-corrected chi connectivity index (χ4v) is 2.90. The summed E-state index contributed by atoms with van der Waals surface area (Å²) in [5.41, 5.74) is 1.75. The summed E-state index contributed by atoms with van der Waals surface area (Å²) in [5.74, 6) is -0.286. The Morgan fingerprint density at radius 2 is 1.84 bits per heavy atom. The molecule has 0 radical (unpaired) electrons. The van der Waals surface area contributed by atoms with Gasteiger partial charge in [-0.1, -0.05) is 23.7 Å². The lowest BCUT2D eigenvalue weighted by Gasteiger charge is -2.36. The van der Waals surface area contributed by atoms with E-state index in [1.54, 1.807) is 6.92 Å². The number of nitrogens with one attached hydrogen (secondary N) is 1. The van der Waals surface area contributed by atoms with E-state index in [1.165, 1.54) is 12.4 Å². The van der Waals surface area contributed by atoms with E-state index in [1.807, 2.05) is 29.2 Å². The maximum atomic E-state index is 12.4. The number of amides is 2. The Kier molecular flexibility index (Phi) is 5.14. The number of rotatable bonds is 3. The molecule has 7 nitrogen and oxygen atoms in total. The van der Waals surface area contributed by atoms with Crippen molar-refractivity contribution in [3.63, 3.8) is 0 Å². The topological polar surface area (TPSA) is 78.4 Å². The van der Waals surface area contributed by atoms with Crippen LogP contribution in [-0.4, -0.2) is 52.9 Å². The Morgan fingerprint density at radius 3 is 2.52 bits per heavy atom. The van der Waals surface area contributed by atoms with Crippen LogP contribution in [0.15, 0.2) is 36.7 Å². The number of hydrogen-bond acceptors (Lipinski definition) is 5. The number of para-hydroxylation sites is 2. The van der Waals surface area contributed by atoms with Crippen molar-refractivity contribution >= 4 is 34.8 Å². The van der Waals surface area contributed by atoms with Gasteiger partial charge in [-0.05, 0) is 12.1 Å². The van der Waals surface area contributed by atoms with Gasteiger partial charge in [-0.15, -0.1) is 0 Å². The SMILES string of the molecule is CC(=O)N1CCN(c2ccccc2NC(=O)c2cncc(Cl)n2)CC1. The normalized spacial score (nSPS) is 14.3. The zero-order valence-corrected chi connectivity index (χ0v) is 14.5. The standard InChI is InChI=1S/C17H18ClN5O2/c1-12(24)22-6-8-23(9-7-22)15-5-3-2-4-13(15)21-17(25)14-10-19-11-16(18)20-14/h2-5,10-11H,6-9H2,1H3,(H,21,25). The second-order valence-corrected chi connectivity index (χ2v) is 6.08. The molecule has 2 amide bonds. The monoisotopic (exact) mass is 359 g/mol. The molecule has 1 aromatic carbocycles. The summed E-state index contributed by atoms with van der Waals surface area (Å²) in [5, 5.41) is 3.03. The van der Waals surface area contributed by atoms with Crippen molar-refractivity contribution in [2.24, 2.45) is 0 Å². The number of aromatic nitrogens is 2. The highest BCUT2D eigenvalue weighted by Crippen LogP contribution is 2.27. The van der Waals surface area contributed by atoms with Gasteiger partial charge in [0.05, 0.1) is 23.8 Å². The fraction of sp³-hybridized carbons (Fsp3) is 0.294. The molecule has 0 bridgehead atoms. The van der Waals surface area contributed by atoms with Crippen molar-refractivity contribution in [3.05, 3.63) is 47.5 Å². The first-order valence-electron chi connectivity index (χ1n) is 7.93. The van der Waals surface area contributed by atoms with Gasteiger partial charge in [0.25, 0.3) is 5.91 Å². The van der Waals surface area contributed by atoms with Crippen LogP contribution in [0.2, 0.25) is 5.15 Å². The van der Waals surface area contributed by atoms with Crippen LogP contribution in [0.4, 0.5) is 11.4 Å². The number of nitrogens with zero attached hydrogens (tertiary/aromatic N) is 4. The molecule has 0 aliphatic carbocycles. The number of hydrogen-bond donors (Lipinski definition) is 1. The van der Waals surface area contributed by atoms with Gasteiger partial charge in [0, 0.05) is 33.1 Å². The molecule has 0 saturated carbocycles. The molecule has 25 heavy (non-hydrogen) atoms. The Labute approximate surface area is 150 Å². The predicted molar refractivity (Wildman–Crippen MR) is 95.9 cm³/mol. The largest absolute Gasteiger partial charge is 0.366 e. The third-order valence-corrected chi connectivity index (χ3v) is 4.24. The molecule has 3 rings (SSSR count). The van der Waals surface area contributed by atoms with Gasteiger partial charge in [0.1, 0.15) is 10.8 Å². The van der Waals surface area contributed by atoms with E-state index in [9.17, 15) is 9.59 Å². The predicted octanol–water partition coefficient (Wildman–Crippen LogP) is 2.05. The van der Waals surface area contributed by atoms with Crippen molar-refractivity contribution in [1.82, 2.24) is 14.9 Å². The first-order chi connectivity index (χ1) is 12.0. The molecule has 1 aliphatic heterocycles.